The number of piperazine rings is 1. The second-order valence-electron chi connectivity index (χ2n) is 9.76. The van der Waals surface area contributed by atoms with Crippen LogP contribution in [0.3, 0.4) is 0 Å². The van der Waals surface area contributed by atoms with Crippen LogP contribution in [0.15, 0.2) is 60.9 Å². The molecule has 1 aromatic heterocycles. The van der Waals surface area contributed by atoms with E-state index >= 15 is 0 Å². The predicted molar refractivity (Wildman–Crippen MR) is 139 cm³/mol. The Hall–Kier alpha value is -3.94. The highest BCUT2D eigenvalue weighted by Crippen LogP contribution is 2.24. The van der Waals surface area contributed by atoms with Gasteiger partial charge in [-0.25, -0.2) is 14.8 Å². The van der Waals surface area contributed by atoms with E-state index in [4.69, 9.17) is 0 Å². The minimum atomic E-state index is -0.184. The van der Waals surface area contributed by atoms with Gasteiger partial charge in [-0.15, -0.1) is 0 Å². The molecule has 1 aliphatic heterocycles. The summed E-state index contributed by atoms with van der Waals surface area (Å²) in [4.78, 5) is 38.1. The number of rotatable bonds is 4. The Morgan fingerprint density at radius 1 is 0.886 bits per heavy atom. The average Bonchev–Trinajstić information content (AvgIpc) is 2.86. The molecule has 35 heavy (non-hydrogen) atoms. The maximum Gasteiger partial charge on any atom is 0.321 e. The predicted octanol–water partition coefficient (Wildman–Crippen LogP) is 4.69. The summed E-state index contributed by atoms with van der Waals surface area (Å²) < 4.78 is 0. The monoisotopic (exact) mass is 472 g/mol. The number of carbonyl (C=O) groups is 2. The molecule has 1 saturated heterocycles. The van der Waals surface area contributed by atoms with Crippen LogP contribution in [0, 0.1) is 6.92 Å². The van der Waals surface area contributed by atoms with Gasteiger partial charge in [0.2, 0.25) is 5.95 Å². The molecule has 0 saturated carbocycles. The number of carbonyl (C=O) groups excluding carboxylic acids is 2. The molecular formula is C27H32N6O2. The number of benzene rings is 2. The fourth-order valence-corrected chi connectivity index (χ4v) is 3.92. The first-order valence-electron chi connectivity index (χ1n) is 11.8. The maximum atomic E-state index is 12.8. The van der Waals surface area contributed by atoms with Crippen molar-refractivity contribution in [2.24, 2.45) is 0 Å². The molecule has 2 aromatic carbocycles. The molecule has 3 aromatic rings. The summed E-state index contributed by atoms with van der Waals surface area (Å²) in [6.07, 6.45) is 3.44. The third-order valence-corrected chi connectivity index (χ3v) is 6.15. The Labute approximate surface area is 206 Å². The van der Waals surface area contributed by atoms with E-state index in [0.717, 1.165) is 5.56 Å². The fraction of sp³-hybridized carbons (Fsp3) is 0.333. The van der Waals surface area contributed by atoms with Gasteiger partial charge in [0.05, 0.1) is 0 Å². The van der Waals surface area contributed by atoms with E-state index in [1.54, 1.807) is 29.4 Å². The number of aromatic nitrogens is 2. The highest BCUT2D eigenvalue weighted by molar-refractivity contribution is 6.05. The molecule has 0 radical (unpaired) electrons. The molecule has 0 atom stereocenters. The SMILES string of the molecule is Cc1ccc(NC(=O)N2CCN(c3ncccn3)CC2)cc1NC(=O)c1ccc(C(C)(C)C)cc1. The minimum Gasteiger partial charge on any atom is -0.337 e. The summed E-state index contributed by atoms with van der Waals surface area (Å²) in [5.41, 5.74) is 4.00. The van der Waals surface area contributed by atoms with Gasteiger partial charge >= 0.3 is 6.03 Å². The Kier molecular flexibility index (Phi) is 7.00. The lowest BCUT2D eigenvalue weighted by Crippen LogP contribution is -2.50. The number of amides is 3. The van der Waals surface area contributed by atoms with Crippen molar-refractivity contribution in [3.8, 4) is 0 Å². The molecule has 8 heteroatoms. The molecule has 1 fully saturated rings. The molecule has 4 rings (SSSR count). The fourth-order valence-electron chi connectivity index (χ4n) is 3.92. The topological polar surface area (TPSA) is 90.5 Å². The van der Waals surface area contributed by atoms with Gasteiger partial charge in [-0.05, 0) is 53.8 Å². The molecule has 1 aliphatic rings. The van der Waals surface area contributed by atoms with Crippen LogP contribution >= 0.6 is 0 Å². The summed E-state index contributed by atoms with van der Waals surface area (Å²) in [7, 11) is 0. The number of anilines is 3. The molecule has 2 heterocycles. The third kappa shape index (κ3) is 5.95. The first-order chi connectivity index (χ1) is 16.7. The van der Waals surface area contributed by atoms with E-state index in [9.17, 15) is 9.59 Å². The largest absolute Gasteiger partial charge is 0.337 e. The van der Waals surface area contributed by atoms with E-state index in [0.29, 0.717) is 49.1 Å². The van der Waals surface area contributed by atoms with Crippen LogP contribution < -0.4 is 15.5 Å². The van der Waals surface area contributed by atoms with E-state index in [2.05, 4.69) is 46.3 Å². The van der Waals surface area contributed by atoms with E-state index in [1.807, 2.05) is 43.3 Å². The van der Waals surface area contributed by atoms with Crippen LogP contribution in [0.2, 0.25) is 0 Å². The van der Waals surface area contributed by atoms with E-state index in [1.165, 1.54) is 5.56 Å². The van der Waals surface area contributed by atoms with Gasteiger partial charge in [0, 0.05) is 55.5 Å². The number of aryl methyl sites for hydroxylation is 1. The number of nitrogens with zero attached hydrogens (tertiary/aromatic N) is 4. The summed E-state index contributed by atoms with van der Waals surface area (Å²) in [5.74, 6) is 0.496. The Balaban J connectivity index is 1.36. The quantitative estimate of drug-likeness (QED) is 0.575. The van der Waals surface area contributed by atoms with Crippen LogP contribution in [0.5, 0.6) is 0 Å². The van der Waals surface area contributed by atoms with Gasteiger partial charge in [-0.3, -0.25) is 4.79 Å². The van der Waals surface area contributed by atoms with E-state index < -0.39 is 0 Å². The van der Waals surface area contributed by atoms with Gasteiger partial charge < -0.3 is 20.4 Å². The highest BCUT2D eigenvalue weighted by Gasteiger charge is 2.23. The van der Waals surface area contributed by atoms with Crippen LogP contribution in [0.25, 0.3) is 0 Å². The summed E-state index contributed by atoms with van der Waals surface area (Å²) in [6, 6.07) is 14.8. The van der Waals surface area contributed by atoms with Crippen molar-refractivity contribution in [2.45, 2.75) is 33.1 Å². The Bertz CT molecular complexity index is 1180. The molecule has 0 spiro atoms. The minimum absolute atomic E-state index is 0.0279. The molecule has 2 N–H and O–H groups in total. The zero-order valence-corrected chi connectivity index (χ0v) is 20.7. The normalized spacial score (nSPS) is 13.9. The van der Waals surface area contributed by atoms with Gasteiger partial charge in [-0.2, -0.15) is 0 Å². The van der Waals surface area contributed by atoms with Crippen molar-refractivity contribution in [1.82, 2.24) is 14.9 Å². The van der Waals surface area contributed by atoms with Crippen LogP contribution in [0.1, 0.15) is 42.3 Å². The first kappa shape index (κ1) is 24.2. The Morgan fingerprint density at radius 2 is 1.54 bits per heavy atom. The summed E-state index contributed by atoms with van der Waals surface area (Å²) >= 11 is 0. The van der Waals surface area contributed by atoms with E-state index in [-0.39, 0.29) is 17.4 Å². The zero-order valence-electron chi connectivity index (χ0n) is 20.7. The highest BCUT2D eigenvalue weighted by atomic mass is 16.2. The van der Waals surface area contributed by atoms with Gasteiger partial charge in [-0.1, -0.05) is 39.0 Å². The molecule has 0 aliphatic carbocycles. The van der Waals surface area contributed by atoms with Gasteiger partial charge in [0.1, 0.15) is 0 Å². The maximum absolute atomic E-state index is 12.8. The number of urea groups is 1. The van der Waals surface area contributed by atoms with Crippen molar-refractivity contribution >= 4 is 29.3 Å². The van der Waals surface area contributed by atoms with Crippen LogP contribution in [0.4, 0.5) is 22.1 Å². The first-order valence-corrected chi connectivity index (χ1v) is 11.8. The lowest BCUT2D eigenvalue weighted by molar-refractivity contribution is 0.102. The van der Waals surface area contributed by atoms with Crippen LogP contribution in [-0.4, -0.2) is 53.0 Å². The molecular weight excluding hydrogens is 440 g/mol. The van der Waals surface area contributed by atoms with Crippen molar-refractivity contribution in [3.05, 3.63) is 77.6 Å². The summed E-state index contributed by atoms with van der Waals surface area (Å²) in [5, 5.41) is 5.93. The molecule has 8 nitrogen and oxygen atoms in total. The zero-order chi connectivity index (χ0) is 25.0. The standard InChI is InChI=1S/C27H32N6O2/c1-19-6-11-22(18-23(19)31-24(34)20-7-9-21(10-8-20)27(2,3)4)30-26(35)33-16-14-32(15-17-33)25-28-12-5-13-29-25/h5-13,18H,14-17H2,1-4H3,(H,30,35)(H,31,34). The number of hydrogen-bond donors (Lipinski definition) is 2. The van der Waals surface area contributed by atoms with Gasteiger partial charge in [0.25, 0.3) is 5.91 Å². The van der Waals surface area contributed by atoms with Crippen molar-refractivity contribution in [1.29, 1.82) is 0 Å². The lowest BCUT2D eigenvalue weighted by Gasteiger charge is -2.34. The van der Waals surface area contributed by atoms with Crippen LogP contribution in [-0.2, 0) is 5.41 Å². The third-order valence-electron chi connectivity index (χ3n) is 6.15. The molecule has 0 unspecified atom stereocenters. The van der Waals surface area contributed by atoms with Crippen molar-refractivity contribution in [3.63, 3.8) is 0 Å². The summed E-state index contributed by atoms with van der Waals surface area (Å²) in [6.45, 7) is 10.8. The smallest absolute Gasteiger partial charge is 0.321 e. The number of hydrogen-bond acceptors (Lipinski definition) is 5. The lowest BCUT2D eigenvalue weighted by atomic mass is 9.87. The van der Waals surface area contributed by atoms with Gasteiger partial charge in [0.15, 0.2) is 0 Å². The van der Waals surface area contributed by atoms with Crippen molar-refractivity contribution in [2.75, 3.05) is 41.7 Å². The second kappa shape index (κ2) is 10.1. The second-order valence-corrected chi connectivity index (χ2v) is 9.76. The Morgan fingerprint density at radius 3 is 2.17 bits per heavy atom. The molecule has 0 bridgehead atoms. The molecule has 182 valence electrons. The number of nitrogens with one attached hydrogen (secondary N) is 2. The molecule has 3 amide bonds. The van der Waals surface area contributed by atoms with Crippen molar-refractivity contribution < 1.29 is 9.59 Å². The average molecular weight is 473 g/mol.